The molecule has 10 nitrogen and oxygen atoms in total. The van der Waals surface area contributed by atoms with Gasteiger partial charge in [-0.05, 0) is 51.1 Å². The number of aromatic hydroxyl groups is 1. The highest BCUT2D eigenvalue weighted by molar-refractivity contribution is 5.84. The second-order valence-corrected chi connectivity index (χ2v) is 11.0. The first-order chi connectivity index (χ1) is 19.1. The van der Waals surface area contributed by atoms with E-state index in [4.69, 9.17) is 18.9 Å². The lowest BCUT2D eigenvalue weighted by atomic mass is 9.50. The molecule has 6 rings (SSSR count). The summed E-state index contributed by atoms with van der Waals surface area (Å²) in [6.45, 7) is 3.24. The fourth-order valence-electron chi connectivity index (χ4n) is 6.97. The number of phenolic OH excluding ortho intramolecular Hbond substituents is 1. The molecule has 40 heavy (non-hydrogen) atoms. The normalized spacial score (nSPS) is 29.2. The van der Waals surface area contributed by atoms with Crippen LogP contribution in [0.15, 0.2) is 54.3 Å². The van der Waals surface area contributed by atoms with E-state index in [1.54, 1.807) is 42.5 Å². The number of piperidine rings is 1. The van der Waals surface area contributed by atoms with Gasteiger partial charge in [0.25, 0.3) is 0 Å². The number of esters is 3. The van der Waals surface area contributed by atoms with Crippen molar-refractivity contribution >= 4 is 17.9 Å². The number of phenols is 1. The minimum atomic E-state index is -1.34. The summed E-state index contributed by atoms with van der Waals surface area (Å²) in [5.41, 5.74) is 0.0569. The molecule has 0 amide bonds. The van der Waals surface area contributed by atoms with Crippen molar-refractivity contribution < 1.29 is 43.5 Å². The van der Waals surface area contributed by atoms with Crippen LogP contribution in [0.3, 0.4) is 0 Å². The van der Waals surface area contributed by atoms with Crippen LogP contribution in [-0.4, -0.2) is 70.5 Å². The zero-order valence-corrected chi connectivity index (χ0v) is 22.5. The number of likely N-dealkylation sites (tertiary alicyclic amines) is 1. The first-order valence-electron chi connectivity index (χ1n) is 13.4. The molecule has 2 bridgehead atoms. The number of ether oxygens (including phenoxy) is 4. The molecular weight excluding hydrogens is 518 g/mol. The number of likely N-dealkylation sites (N-methyl/N-ethyl adjacent to an activating group) is 1. The largest absolute Gasteiger partial charge is 0.504 e. The molecular formula is C30H31NO9. The summed E-state index contributed by atoms with van der Waals surface area (Å²) in [5, 5.41) is 22.9. The minimum absolute atomic E-state index is 0.0346. The molecule has 2 N–H and O–H groups in total. The average molecular weight is 550 g/mol. The maximum absolute atomic E-state index is 13.2. The molecule has 2 aromatic carbocycles. The summed E-state index contributed by atoms with van der Waals surface area (Å²) in [5.74, 6) is -1.97. The van der Waals surface area contributed by atoms with E-state index in [1.807, 2.05) is 13.1 Å². The van der Waals surface area contributed by atoms with Crippen LogP contribution in [0.5, 0.6) is 11.5 Å². The fourth-order valence-corrected chi connectivity index (χ4v) is 6.97. The van der Waals surface area contributed by atoms with Gasteiger partial charge in [-0.2, -0.15) is 0 Å². The number of hydrogen-bond acceptors (Lipinski definition) is 10. The van der Waals surface area contributed by atoms with Crippen LogP contribution < -0.4 is 4.74 Å². The summed E-state index contributed by atoms with van der Waals surface area (Å²) < 4.78 is 22.6. The van der Waals surface area contributed by atoms with Gasteiger partial charge in [-0.25, -0.2) is 9.59 Å². The standard InChI is InChI=1S/C30H31NO9/c1-16(37-28(35)24(38-17(2)32)18-7-5-4-6-8-18)27(34)39-21-11-12-30(36)22-15-19-9-10-20(33)25-23(19)29(30,26(21)40-25)13-14-31(22)3/h4-11,16,22,24,26,33,36H,12-15H2,1-3H3/t16-,22+,24-,26?,29?,30+/m0/s1. The third-order valence-corrected chi connectivity index (χ3v) is 8.80. The molecule has 0 aromatic heterocycles. The van der Waals surface area contributed by atoms with Crippen LogP contribution in [0.4, 0.5) is 0 Å². The number of aliphatic hydroxyl groups is 1. The first-order valence-corrected chi connectivity index (χ1v) is 13.4. The lowest BCUT2D eigenvalue weighted by Crippen LogP contribution is -2.74. The van der Waals surface area contributed by atoms with Crippen LogP contribution in [-0.2, 0) is 40.4 Å². The van der Waals surface area contributed by atoms with E-state index >= 15 is 0 Å². The third-order valence-electron chi connectivity index (χ3n) is 8.80. The van der Waals surface area contributed by atoms with Crippen LogP contribution in [0.2, 0.25) is 0 Å². The predicted octanol–water partition coefficient (Wildman–Crippen LogP) is 2.45. The van der Waals surface area contributed by atoms with Crippen molar-refractivity contribution in [3.63, 3.8) is 0 Å². The molecule has 210 valence electrons. The van der Waals surface area contributed by atoms with E-state index in [9.17, 15) is 24.6 Å². The lowest BCUT2D eigenvalue weighted by Gasteiger charge is -2.61. The average Bonchev–Trinajstić information content (AvgIpc) is 3.29. The van der Waals surface area contributed by atoms with E-state index in [2.05, 4.69) is 4.90 Å². The minimum Gasteiger partial charge on any atom is -0.504 e. The highest BCUT2D eigenvalue weighted by Crippen LogP contribution is 2.65. The second kappa shape index (κ2) is 9.35. The number of nitrogens with zero attached hydrogens (tertiary/aromatic N) is 1. The van der Waals surface area contributed by atoms with E-state index in [0.717, 1.165) is 11.1 Å². The zero-order chi connectivity index (χ0) is 28.4. The van der Waals surface area contributed by atoms with Crippen LogP contribution in [0, 0.1) is 0 Å². The molecule has 0 saturated carbocycles. The molecule has 10 heteroatoms. The maximum Gasteiger partial charge on any atom is 0.353 e. The Hall–Kier alpha value is -3.89. The molecule has 6 atom stereocenters. The van der Waals surface area contributed by atoms with Gasteiger partial charge in [0.15, 0.2) is 23.7 Å². The van der Waals surface area contributed by atoms with Crippen molar-refractivity contribution in [2.45, 2.75) is 68.5 Å². The Kier molecular flexibility index (Phi) is 6.15. The van der Waals surface area contributed by atoms with Crippen molar-refractivity contribution in [1.29, 1.82) is 0 Å². The lowest BCUT2D eigenvalue weighted by molar-refractivity contribution is -0.180. The number of carbonyl (C=O) groups excluding carboxylic acids is 3. The molecule has 4 aliphatic rings. The van der Waals surface area contributed by atoms with Gasteiger partial charge in [0.05, 0.1) is 11.0 Å². The smallest absolute Gasteiger partial charge is 0.353 e. The SMILES string of the molecule is CC(=O)O[C@H](C(=O)O[C@@H](C)C(=O)OC1=CC[C@@]2(O)[C@H]3Cc4ccc(O)c5c4C2(CCN3C)C1O5)c1ccccc1. The van der Waals surface area contributed by atoms with Crippen molar-refractivity contribution in [2.75, 3.05) is 13.6 Å². The van der Waals surface area contributed by atoms with Gasteiger partial charge in [-0.1, -0.05) is 36.4 Å². The number of rotatable bonds is 6. The van der Waals surface area contributed by atoms with Crippen LogP contribution in [0.1, 0.15) is 49.5 Å². The monoisotopic (exact) mass is 549 g/mol. The van der Waals surface area contributed by atoms with Crippen molar-refractivity contribution in [3.05, 3.63) is 71.0 Å². The van der Waals surface area contributed by atoms with Crippen molar-refractivity contribution in [3.8, 4) is 11.5 Å². The topological polar surface area (TPSA) is 132 Å². The molecule has 1 spiro atoms. The number of benzene rings is 2. The van der Waals surface area contributed by atoms with Gasteiger partial charge in [0.1, 0.15) is 5.76 Å². The molecule has 2 aliphatic heterocycles. The Morgan fingerprint density at radius 1 is 1.10 bits per heavy atom. The molecule has 2 heterocycles. The van der Waals surface area contributed by atoms with Gasteiger partial charge < -0.3 is 34.1 Å². The number of hydrogen-bond donors (Lipinski definition) is 2. The van der Waals surface area contributed by atoms with E-state index in [1.165, 1.54) is 13.8 Å². The molecule has 1 saturated heterocycles. The van der Waals surface area contributed by atoms with Crippen LogP contribution >= 0.6 is 0 Å². The Morgan fingerprint density at radius 3 is 2.58 bits per heavy atom. The molecule has 2 unspecified atom stereocenters. The Morgan fingerprint density at radius 2 is 1.85 bits per heavy atom. The second-order valence-electron chi connectivity index (χ2n) is 11.0. The molecule has 1 fully saturated rings. The summed E-state index contributed by atoms with van der Waals surface area (Å²) in [4.78, 5) is 39.9. The van der Waals surface area contributed by atoms with Gasteiger partial charge in [-0.3, -0.25) is 4.79 Å². The summed E-state index contributed by atoms with van der Waals surface area (Å²) >= 11 is 0. The van der Waals surface area contributed by atoms with Gasteiger partial charge >= 0.3 is 17.9 Å². The predicted molar refractivity (Wildman–Crippen MR) is 139 cm³/mol. The molecule has 2 aromatic rings. The third kappa shape index (κ3) is 3.73. The first kappa shape index (κ1) is 26.3. The highest BCUT2D eigenvalue weighted by Gasteiger charge is 2.72. The van der Waals surface area contributed by atoms with Crippen LogP contribution in [0.25, 0.3) is 0 Å². The number of carbonyl (C=O) groups is 3. The Bertz CT molecular complexity index is 1420. The molecule has 2 aliphatic carbocycles. The Labute approximate surface area is 231 Å². The maximum atomic E-state index is 13.2. The molecule has 0 radical (unpaired) electrons. The summed E-state index contributed by atoms with van der Waals surface area (Å²) in [7, 11) is 1.99. The van der Waals surface area contributed by atoms with Crippen molar-refractivity contribution in [1.82, 2.24) is 4.90 Å². The van der Waals surface area contributed by atoms with Gasteiger partial charge in [0, 0.05) is 30.5 Å². The zero-order valence-electron chi connectivity index (χ0n) is 22.5. The van der Waals surface area contributed by atoms with Crippen molar-refractivity contribution in [2.24, 2.45) is 0 Å². The highest BCUT2D eigenvalue weighted by atomic mass is 16.6. The van der Waals surface area contributed by atoms with E-state index in [-0.39, 0.29) is 24.0 Å². The van der Waals surface area contributed by atoms with Gasteiger partial charge in [-0.15, -0.1) is 0 Å². The fraction of sp³-hybridized carbons (Fsp3) is 0.433. The van der Waals surface area contributed by atoms with E-state index < -0.39 is 47.2 Å². The van der Waals surface area contributed by atoms with Gasteiger partial charge in [0.2, 0.25) is 6.10 Å². The Balaban J connectivity index is 1.26. The quantitative estimate of drug-likeness (QED) is 0.409. The summed E-state index contributed by atoms with van der Waals surface area (Å²) in [6, 6.07) is 11.6. The van der Waals surface area contributed by atoms with E-state index in [0.29, 0.717) is 30.7 Å². The summed E-state index contributed by atoms with van der Waals surface area (Å²) in [6.07, 6.45) is -0.521.